The molecule has 4 rings (SSSR count). The van der Waals surface area contributed by atoms with Crippen LogP contribution in [0.1, 0.15) is 35.8 Å². The van der Waals surface area contributed by atoms with E-state index in [0.29, 0.717) is 18.5 Å². The summed E-state index contributed by atoms with van der Waals surface area (Å²) in [6, 6.07) is 4.40. The molecule has 2 fully saturated rings. The second-order valence-corrected chi connectivity index (χ2v) is 7.58. The molecule has 0 N–H and O–H groups in total. The van der Waals surface area contributed by atoms with Crippen molar-refractivity contribution < 1.29 is 31.5 Å². The molecule has 0 bridgehead atoms. The van der Waals surface area contributed by atoms with E-state index in [1.807, 2.05) is 0 Å². The summed E-state index contributed by atoms with van der Waals surface area (Å²) in [5, 5.41) is 1.33. The van der Waals surface area contributed by atoms with Crippen LogP contribution in [0.25, 0.3) is 0 Å². The van der Waals surface area contributed by atoms with Crippen LogP contribution in [0.15, 0.2) is 30.5 Å². The van der Waals surface area contributed by atoms with Crippen LogP contribution in [0.2, 0.25) is 5.02 Å². The lowest BCUT2D eigenvalue weighted by Gasteiger charge is -2.24. The van der Waals surface area contributed by atoms with Gasteiger partial charge in [0.1, 0.15) is 17.7 Å². The average Bonchev–Trinajstić information content (AvgIpc) is 3.55. The van der Waals surface area contributed by atoms with Gasteiger partial charge in [0, 0.05) is 18.2 Å². The van der Waals surface area contributed by atoms with Gasteiger partial charge in [-0.15, -0.1) is 0 Å². The number of rotatable bonds is 6. The number of pyridine rings is 1. The van der Waals surface area contributed by atoms with Crippen LogP contribution in [-0.4, -0.2) is 29.9 Å². The molecule has 1 aromatic carbocycles. The molecule has 156 valence electrons. The number of nitrogens with zero attached hydrogens (tertiary/aromatic N) is 2. The van der Waals surface area contributed by atoms with Crippen molar-refractivity contribution in [1.82, 2.24) is 10.0 Å². The average molecular weight is 435 g/mol. The minimum atomic E-state index is -4.54. The van der Waals surface area contributed by atoms with Crippen molar-refractivity contribution in [1.29, 1.82) is 0 Å². The Kier molecular flexibility index (Phi) is 5.05. The van der Waals surface area contributed by atoms with Crippen LogP contribution < -0.4 is 0 Å². The molecule has 1 saturated carbocycles. The van der Waals surface area contributed by atoms with Gasteiger partial charge in [-0.1, -0.05) is 17.7 Å². The molecule has 29 heavy (non-hydrogen) atoms. The molecule has 2 heterocycles. The SMILES string of the molecule is CON(CC1(c2ncc(C(F)(F)F)cc2Cl)CC1)C1OC1c1c(F)cccc1F. The standard InChI is InChI=1S/C19H16ClF5N2O2/c1-28-27(17-15(29-17)14-12(21)3-2-4-13(14)22)9-18(5-6-18)16-11(20)7-10(8-26-16)19(23,24)25/h2-4,7-8,15,17H,5-6,9H2,1H3. The number of halogens is 6. The van der Waals surface area contributed by atoms with Crippen LogP contribution in [0.3, 0.4) is 0 Å². The topological polar surface area (TPSA) is 37.9 Å². The highest BCUT2D eigenvalue weighted by Gasteiger charge is 2.55. The minimum Gasteiger partial charge on any atom is -0.345 e. The van der Waals surface area contributed by atoms with E-state index in [9.17, 15) is 22.0 Å². The number of ether oxygens (including phenoxy) is 1. The summed E-state index contributed by atoms with van der Waals surface area (Å²) < 4.78 is 72.0. The van der Waals surface area contributed by atoms with Gasteiger partial charge < -0.3 is 4.74 Å². The maximum Gasteiger partial charge on any atom is 0.417 e. The fraction of sp³-hybridized carbons (Fsp3) is 0.421. The largest absolute Gasteiger partial charge is 0.417 e. The summed E-state index contributed by atoms with van der Waals surface area (Å²) in [5.74, 6) is -1.44. The van der Waals surface area contributed by atoms with Crippen molar-refractivity contribution in [3.8, 4) is 0 Å². The van der Waals surface area contributed by atoms with Crippen molar-refractivity contribution in [3.63, 3.8) is 0 Å². The maximum atomic E-state index is 14.0. The molecule has 2 aromatic rings. The van der Waals surface area contributed by atoms with E-state index < -0.39 is 41.1 Å². The molecule has 0 radical (unpaired) electrons. The summed E-state index contributed by atoms with van der Waals surface area (Å²) in [7, 11) is 1.38. The van der Waals surface area contributed by atoms with E-state index in [4.69, 9.17) is 21.2 Å². The molecule has 2 aliphatic rings. The van der Waals surface area contributed by atoms with Crippen molar-refractivity contribution in [2.75, 3.05) is 13.7 Å². The molecule has 2 atom stereocenters. The van der Waals surface area contributed by atoms with Gasteiger partial charge in [-0.25, -0.2) is 8.78 Å². The Morgan fingerprint density at radius 1 is 1.28 bits per heavy atom. The molecule has 0 amide bonds. The quantitative estimate of drug-likeness (QED) is 0.363. The summed E-state index contributed by atoms with van der Waals surface area (Å²) in [5.41, 5.74) is -1.38. The van der Waals surface area contributed by atoms with Crippen molar-refractivity contribution in [3.05, 3.63) is 63.9 Å². The van der Waals surface area contributed by atoms with Gasteiger partial charge in [-0.05, 0) is 31.0 Å². The van der Waals surface area contributed by atoms with Crippen LogP contribution in [0, 0.1) is 11.6 Å². The van der Waals surface area contributed by atoms with Crippen molar-refractivity contribution in [2.24, 2.45) is 0 Å². The van der Waals surface area contributed by atoms with E-state index in [2.05, 4.69) is 4.98 Å². The predicted octanol–water partition coefficient (Wildman–Crippen LogP) is 5.02. The van der Waals surface area contributed by atoms with E-state index in [1.54, 1.807) is 0 Å². The zero-order chi connectivity index (χ0) is 21.0. The van der Waals surface area contributed by atoms with Crippen molar-refractivity contribution >= 4 is 11.6 Å². The van der Waals surface area contributed by atoms with Gasteiger partial charge in [0.25, 0.3) is 0 Å². The van der Waals surface area contributed by atoms with Gasteiger partial charge in [0.05, 0.1) is 29.0 Å². The Labute approximate surface area is 168 Å². The molecule has 1 aliphatic carbocycles. The highest BCUT2D eigenvalue weighted by molar-refractivity contribution is 6.31. The molecule has 10 heteroatoms. The first-order chi connectivity index (χ1) is 13.7. The number of hydrogen-bond donors (Lipinski definition) is 0. The zero-order valence-electron chi connectivity index (χ0n) is 15.1. The van der Waals surface area contributed by atoms with Crippen LogP contribution in [0.4, 0.5) is 22.0 Å². The third-order valence-corrected chi connectivity index (χ3v) is 5.54. The zero-order valence-corrected chi connectivity index (χ0v) is 15.9. The van der Waals surface area contributed by atoms with Gasteiger partial charge in [0.2, 0.25) is 0 Å². The molecule has 1 aliphatic heterocycles. The summed E-state index contributed by atoms with van der Waals surface area (Å²) >= 11 is 6.10. The minimum absolute atomic E-state index is 0.0817. The number of epoxide rings is 1. The lowest BCUT2D eigenvalue weighted by Crippen LogP contribution is -2.35. The third-order valence-electron chi connectivity index (χ3n) is 5.25. The van der Waals surface area contributed by atoms with Crippen molar-refractivity contribution in [2.45, 2.75) is 36.8 Å². The van der Waals surface area contributed by atoms with Gasteiger partial charge >= 0.3 is 6.18 Å². The Morgan fingerprint density at radius 2 is 1.93 bits per heavy atom. The first-order valence-corrected chi connectivity index (χ1v) is 9.17. The third kappa shape index (κ3) is 3.84. The van der Waals surface area contributed by atoms with Crippen LogP contribution in [0.5, 0.6) is 0 Å². The van der Waals surface area contributed by atoms with E-state index in [-0.39, 0.29) is 17.1 Å². The maximum absolute atomic E-state index is 14.0. The van der Waals surface area contributed by atoms with Gasteiger partial charge in [0.15, 0.2) is 6.23 Å². The Balaban J connectivity index is 1.53. The second-order valence-electron chi connectivity index (χ2n) is 7.17. The normalized spacial score (nSPS) is 22.8. The highest BCUT2D eigenvalue weighted by Crippen LogP contribution is 2.53. The van der Waals surface area contributed by atoms with E-state index in [1.165, 1.54) is 18.2 Å². The number of alkyl halides is 3. The first-order valence-electron chi connectivity index (χ1n) is 8.80. The number of hydrogen-bond acceptors (Lipinski definition) is 4. The number of benzene rings is 1. The fourth-order valence-corrected chi connectivity index (χ4v) is 3.84. The van der Waals surface area contributed by atoms with E-state index in [0.717, 1.165) is 24.4 Å². The highest BCUT2D eigenvalue weighted by atomic mass is 35.5. The summed E-state index contributed by atoms with van der Waals surface area (Å²) in [4.78, 5) is 9.29. The molecular weight excluding hydrogens is 419 g/mol. The van der Waals surface area contributed by atoms with Crippen LogP contribution >= 0.6 is 11.6 Å². The fourth-order valence-electron chi connectivity index (χ4n) is 3.48. The summed E-state index contributed by atoms with van der Waals surface area (Å²) in [6.45, 7) is 0.207. The Hall–Kier alpha value is -1.81. The molecular formula is C19H16ClF5N2O2. The van der Waals surface area contributed by atoms with Gasteiger partial charge in [-0.3, -0.25) is 9.82 Å². The Morgan fingerprint density at radius 3 is 2.45 bits per heavy atom. The molecule has 1 saturated heterocycles. The molecule has 1 aromatic heterocycles. The monoisotopic (exact) mass is 434 g/mol. The molecule has 0 spiro atoms. The number of hydroxylamine groups is 2. The first kappa shape index (κ1) is 20.5. The van der Waals surface area contributed by atoms with Gasteiger partial charge in [-0.2, -0.15) is 18.2 Å². The van der Waals surface area contributed by atoms with Crippen LogP contribution in [-0.2, 0) is 21.2 Å². The lowest BCUT2D eigenvalue weighted by atomic mass is 10.0. The predicted molar refractivity (Wildman–Crippen MR) is 92.8 cm³/mol. The smallest absolute Gasteiger partial charge is 0.345 e. The second kappa shape index (κ2) is 7.16. The molecule has 4 nitrogen and oxygen atoms in total. The lowest BCUT2D eigenvalue weighted by molar-refractivity contribution is -0.164. The Bertz CT molecular complexity index is 915. The number of aromatic nitrogens is 1. The molecule has 2 unspecified atom stereocenters. The summed E-state index contributed by atoms with van der Waals surface area (Å²) in [6.07, 6.45) is -4.08. The van der Waals surface area contributed by atoms with E-state index >= 15 is 0 Å².